The molecule has 0 bridgehead atoms. The summed E-state index contributed by atoms with van der Waals surface area (Å²) >= 11 is 17.4. The summed E-state index contributed by atoms with van der Waals surface area (Å²) in [4.78, 5) is 24.5. The first kappa shape index (κ1) is 33.6. The minimum atomic E-state index is -5.10. The number of likely N-dealkylation sites (N-methyl/N-ethyl adjacent to an activating group) is 1. The summed E-state index contributed by atoms with van der Waals surface area (Å²) in [5, 5.41) is 1.36. The molecule has 16 heteroatoms. The molecule has 0 aliphatic rings. The second kappa shape index (κ2) is 12.9. The van der Waals surface area contributed by atoms with Gasteiger partial charge in [0.05, 0.1) is 32.1 Å². The highest BCUT2D eigenvalue weighted by Gasteiger charge is 2.40. The quantitative estimate of drug-likeness (QED) is 0.233. The minimum Gasteiger partial charge on any atom is -0.350 e. The highest BCUT2D eigenvalue weighted by Crippen LogP contribution is 2.41. The monoisotopic (exact) mass is 642 g/mol. The van der Waals surface area contributed by atoms with Crippen molar-refractivity contribution in [2.45, 2.75) is 30.9 Å². The van der Waals surface area contributed by atoms with E-state index in [1.54, 1.807) is 0 Å². The number of benzene rings is 2. The van der Waals surface area contributed by atoms with Gasteiger partial charge < -0.3 is 10.2 Å². The lowest BCUT2D eigenvalue weighted by Crippen LogP contribution is -2.38. The van der Waals surface area contributed by atoms with E-state index >= 15 is 0 Å². The highest BCUT2D eigenvalue weighted by molar-refractivity contribution is 6.48. The van der Waals surface area contributed by atoms with E-state index in [4.69, 9.17) is 34.8 Å². The van der Waals surface area contributed by atoms with Crippen LogP contribution in [0.1, 0.15) is 39.4 Å². The average molecular weight is 644 g/mol. The molecule has 0 fully saturated rings. The fourth-order valence-corrected chi connectivity index (χ4v) is 3.95. The molecule has 0 heterocycles. The third-order valence-corrected chi connectivity index (χ3v) is 6.50. The van der Waals surface area contributed by atoms with Crippen LogP contribution in [0.3, 0.4) is 0 Å². The summed E-state index contributed by atoms with van der Waals surface area (Å²) in [6.07, 6.45) is -15.2. The smallest absolute Gasteiger partial charge is 0.350 e. The maximum absolute atomic E-state index is 13.7. The Balaban J connectivity index is 2.28. The Morgan fingerprint density at radius 3 is 2.02 bits per heavy atom. The molecule has 0 aliphatic heterocycles. The van der Waals surface area contributed by atoms with Gasteiger partial charge in [-0.05, 0) is 35.4 Å². The molecule has 4 nitrogen and oxygen atoms in total. The largest absolute Gasteiger partial charge is 0.417 e. The molecule has 2 amide bonds. The Morgan fingerprint density at radius 2 is 1.52 bits per heavy atom. The Morgan fingerprint density at radius 1 is 0.950 bits per heavy atom. The topological polar surface area (TPSA) is 49.4 Å². The average Bonchev–Trinajstić information content (AvgIpc) is 2.79. The van der Waals surface area contributed by atoms with Crippen molar-refractivity contribution in [3.63, 3.8) is 0 Å². The van der Waals surface area contributed by atoms with Crippen LogP contribution in [0.25, 0.3) is 6.08 Å². The Kier molecular flexibility index (Phi) is 10.8. The number of alkyl halides is 9. The summed E-state index contributed by atoms with van der Waals surface area (Å²) in [7, 11) is 1.02. The first-order chi connectivity index (χ1) is 18.2. The van der Waals surface area contributed by atoms with Crippen LogP contribution in [0, 0.1) is 0 Å². The van der Waals surface area contributed by atoms with Gasteiger partial charge in [-0.25, -0.2) is 0 Å². The highest BCUT2D eigenvalue weighted by atomic mass is 35.5. The van der Waals surface area contributed by atoms with E-state index in [9.17, 15) is 49.1 Å². The van der Waals surface area contributed by atoms with Crippen LogP contribution in [0.4, 0.5) is 39.5 Å². The number of carbonyl (C=O) groups is 2. The van der Waals surface area contributed by atoms with Gasteiger partial charge in [-0.15, -0.1) is 0 Å². The van der Waals surface area contributed by atoms with Crippen molar-refractivity contribution in [3.05, 3.63) is 73.7 Å². The SMILES string of the molecule is CN(CCNC(=O)c1ccc(/C=C/C(c2cc(Cl)c(Cl)c(Cl)c2)C(F)(F)F)cc1C(F)(F)F)C(=O)CC(F)(F)F. The number of hydrogen-bond acceptors (Lipinski definition) is 2. The number of halogens is 12. The number of amides is 2. The predicted octanol–water partition coefficient (Wildman–Crippen LogP) is 8.17. The molecule has 0 radical (unpaired) electrons. The predicted molar refractivity (Wildman–Crippen MR) is 131 cm³/mol. The standard InChI is InChI=1S/C24H18Cl3F9N2O2/c1-38(19(39)11-22(28,29)30)7-6-37-21(40)14-4-2-12(8-16(14)24(34,35)36)3-5-15(23(31,32)33)13-9-17(25)20(27)18(26)10-13/h2-5,8-10,15H,6-7,11H2,1H3,(H,37,40)/b5-3+. The van der Waals surface area contributed by atoms with Gasteiger partial charge >= 0.3 is 18.5 Å². The molecule has 220 valence electrons. The maximum Gasteiger partial charge on any atom is 0.417 e. The Hall–Kier alpha value is -2.64. The van der Waals surface area contributed by atoms with Crippen molar-refractivity contribution in [1.29, 1.82) is 0 Å². The van der Waals surface area contributed by atoms with Crippen molar-refractivity contribution < 1.29 is 49.1 Å². The molecule has 40 heavy (non-hydrogen) atoms. The zero-order valence-electron chi connectivity index (χ0n) is 20.0. The molecule has 0 aromatic heterocycles. The van der Waals surface area contributed by atoms with Crippen LogP contribution in [-0.2, 0) is 11.0 Å². The molecule has 2 rings (SSSR count). The van der Waals surface area contributed by atoms with Gasteiger partial charge in [-0.1, -0.05) is 53.0 Å². The number of nitrogens with one attached hydrogen (secondary N) is 1. The summed E-state index contributed by atoms with van der Waals surface area (Å²) in [6, 6.07) is 3.99. The van der Waals surface area contributed by atoms with Gasteiger partial charge in [0.25, 0.3) is 5.91 Å². The van der Waals surface area contributed by atoms with Crippen LogP contribution in [0.2, 0.25) is 15.1 Å². The van der Waals surface area contributed by atoms with Crippen LogP contribution in [-0.4, -0.2) is 49.2 Å². The van der Waals surface area contributed by atoms with Gasteiger partial charge in [0.1, 0.15) is 6.42 Å². The molecule has 0 aliphatic carbocycles. The van der Waals surface area contributed by atoms with Crippen LogP contribution >= 0.6 is 34.8 Å². The van der Waals surface area contributed by atoms with E-state index in [0.29, 0.717) is 17.0 Å². The first-order valence-electron chi connectivity index (χ1n) is 10.9. The second-order valence-corrected chi connectivity index (χ2v) is 9.54. The third-order valence-electron chi connectivity index (χ3n) is 5.30. The van der Waals surface area contributed by atoms with Crippen molar-refractivity contribution >= 4 is 52.7 Å². The van der Waals surface area contributed by atoms with Gasteiger partial charge in [0.2, 0.25) is 5.91 Å². The Labute approximate surface area is 236 Å². The number of carbonyl (C=O) groups excluding carboxylic acids is 2. The molecule has 0 spiro atoms. The summed E-state index contributed by atoms with van der Waals surface area (Å²) < 4.78 is 119. The van der Waals surface area contributed by atoms with Crippen LogP contribution in [0.5, 0.6) is 0 Å². The fraction of sp³-hybridized carbons (Fsp3) is 0.333. The van der Waals surface area contributed by atoms with Crippen molar-refractivity contribution in [2.24, 2.45) is 0 Å². The van der Waals surface area contributed by atoms with E-state index in [1.807, 2.05) is 0 Å². The fourth-order valence-electron chi connectivity index (χ4n) is 3.33. The number of rotatable bonds is 8. The minimum absolute atomic E-state index is 0.180. The van der Waals surface area contributed by atoms with Gasteiger partial charge in [-0.2, -0.15) is 39.5 Å². The van der Waals surface area contributed by atoms with E-state index in [0.717, 1.165) is 37.4 Å². The molecule has 0 saturated carbocycles. The molecule has 1 unspecified atom stereocenters. The summed E-state index contributed by atoms with van der Waals surface area (Å²) in [6.45, 7) is -0.905. The van der Waals surface area contributed by atoms with Gasteiger partial charge in [0, 0.05) is 20.1 Å². The van der Waals surface area contributed by atoms with E-state index in [1.165, 1.54) is 0 Å². The first-order valence-corrected chi connectivity index (χ1v) is 12.0. The van der Waals surface area contributed by atoms with Gasteiger partial charge in [-0.3, -0.25) is 9.59 Å². The zero-order valence-corrected chi connectivity index (χ0v) is 22.3. The third kappa shape index (κ3) is 9.48. The summed E-state index contributed by atoms with van der Waals surface area (Å²) in [5.41, 5.74) is -3.12. The molecule has 0 saturated heterocycles. The summed E-state index contributed by atoms with van der Waals surface area (Å²) in [5.74, 6) is -4.90. The molecule has 2 aromatic carbocycles. The van der Waals surface area contributed by atoms with E-state index < -0.39 is 72.5 Å². The molecule has 1 N–H and O–H groups in total. The van der Waals surface area contributed by atoms with Gasteiger partial charge in [0.15, 0.2) is 0 Å². The lowest BCUT2D eigenvalue weighted by Gasteiger charge is -2.19. The van der Waals surface area contributed by atoms with Crippen LogP contribution in [0.15, 0.2) is 36.4 Å². The van der Waals surface area contributed by atoms with E-state index in [-0.39, 0.29) is 20.6 Å². The van der Waals surface area contributed by atoms with Crippen molar-refractivity contribution in [3.8, 4) is 0 Å². The molecule has 1 atom stereocenters. The number of hydrogen-bond donors (Lipinski definition) is 1. The van der Waals surface area contributed by atoms with Crippen molar-refractivity contribution in [2.75, 3.05) is 20.1 Å². The second-order valence-electron chi connectivity index (χ2n) is 8.34. The lowest BCUT2D eigenvalue weighted by molar-refractivity contribution is -0.160. The number of nitrogens with zero attached hydrogens (tertiary/aromatic N) is 1. The lowest BCUT2D eigenvalue weighted by atomic mass is 9.96. The maximum atomic E-state index is 13.7. The molecular weight excluding hydrogens is 626 g/mol. The Bertz CT molecular complexity index is 1250. The van der Waals surface area contributed by atoms with Crippen LogP contribution < -0.4 is 5.32 Å². The normalized spacial score (nSPS) is 13.4. The number of allylic oxidation sites excluding steroid dienone is 1. The molecule has 2 aromatic rings. The van der Waals surface area contributed by atoms with Crippen molar-refractivity contribution in [1.82, 2.24) is 10.2 Å². The zero-order chi connectivity index (χ0) is 30.6. The van der Waals surface area contributed by atoms with E-state index in [2.05, 4.69) is 5.32 Å². The molecular formula is C24H18Cl3F9N2O2.